The van der Waals surface area contributed by atoms with Gasteiger partial charge in [0.2, 0.25) is 0 Å². The minimum atomic E-state index is -1.68. The monoisotopic (exact) mass is 148 g/mol. The molecular formula is C7H13FO2. The molecular weight excluding hydrogens is 135 g/mol. The fourth-order valence-electron chi connectivity index (χ4n) is 0.603. The quantitative estimate of drug-likeness (QED) is 0.660. The molecule has 0 rings (SSSR count). The Morgan fingerprint density at radius 1 is 1.50 bits per heavy atom. The van der Waals surface area contributed by atoms with E-state index >= 15 is 0 Å². The van der Waals surface area contributed by atoms with Gasteiger partial charge in [-0.15, -0.1) is 0 Å². The summed E-state index contributed by atoms with van der Waals surface area (Å²) >= 11 is 0. The summed E-state index contributed by atoms with van der Waals surface area (Å²) < 4.78 is 12.3. The molecule has 0 saturated carbocycles. The summed E-state index contributed by atoms with van der Waals surface area (Å²) in [5.41, 5.74) is 0. The van der Waals surface area contributed by atoms with E-state index in [9.17, 15) is 9.18 Å². The SMILES string of the molecule is CC(C)CC[C@@H](F)C(=O)O. The average Bonchev–Trinajstić information content (AvgIpc) is 1.82. The molecule has 0 saturated heterocycles. The summed E-state index contributed by atoms with van der Waals surface area (Å²) in [5, 5.41) is 8.12. The van der Waals surface area contributed by atoms with E-state index in [0.29, 0.717) is 12.3 Å². The Morgan fingerprint density at radius 2 is 2.00 bits per heavy atom. The van der Waals surface area contributed by atoms with Crippen LogP contribution < -0.4 is 0 Å². The van der Waals surface area contributed by atoms with E-state index < -0.39 is 12.1 Å². The highest BCUT2D eigenvalue weighted by Gasteiger charge is 2.14. The smallest absolute Gasteiger partial charge is 0.338 e. The number of alkyl halides is 1. The maximum absolute atomic E-state index is 12.3. The van der Waals surface area contributed by atoms with Crippen LogP contribution in [-0.4, -0.2) is 17.2 Å². The van der Waals surface area contributed by atoms with Crippen molar-refractivity contribution in [3.63, 3.8) is 0 Å². The molecule has 60 valence electrons. The van der Waals surface area contributed by atoms with E-state index in [1.807, 2.05) is 13.8 Å². The zero-order valence-corrected chi connectivity index (χ0v) is 6.30. The van der Waals surface area contributed by atoms with Gasteiger partial charge in [0.05, 0.1) is 0 Å². The molecule has 0 aliphatic heterocycles. The average molecular weight is 148 g/mol. The molecule has 0 heterocycles. The second-order valence-electron chi connectivity index (χ2n) is 2.78. The Kier molecular flexibility index (Phi) is 4.00. The van der Waals surface area contributed by atoms with Gasteiger partial charge in [-0.25, -0.2) is 9.18 Å². The molecule has 0 fully saturated rings. The molecule has 1 atom stereocenters. The maximum atomic E-state index is 12.3. The molecule has 0 unspecified atom stereocenters. The van der Waals surface area contributed by atoms with Crippen molar-refractivity contribution in [1.82, 2.24) is 0 Å². The summed E-state index contributed by atoms with van der Waals surface area (Å²) in [6, 6.07) is 0. The van der Waals surface area contributed by atoms with Crippen molar-refractivity contribution in [1.29, 1.82) is 0 Å². The van der Waals surface area contributed by atoms with Gasteiger partial charge in [-0.05, 0) is 18.8 Å². The molecule has 0 bridgehead atoms. The second-order valence-corrected chi connectivity index (χ2v) is 2.78. The van der Waals surface area contributed by atoms with E-state index in [1.54, 1.807) is 0 Å². The lowest BCUT2D eigenvalue weighted by atomic mass is 10.1. The Balaban J connectivity index is 3.40. The molecule has 3 heteroatoms. The Morgan fingerprint density at radius 3 is 2.30 bits per heavy atom. The fourth-order valence-corrected chi connectivity index (χ4v) is 0.603. The number of hydrogen-bond acceptors (Lipinski definition) is 1. The standard InChI is InChI=1S/C7H13FO2/c1-5(2)3-4-6(8)7(9)10/h5-6H,3-4H2,1-2H3,(H,9,10)/t6-/m1/s1. The predicted octanol–water partition coefficient (Wildman–Crippen LogP) is 1.85. The molecule has 0 amide bonds. The van der Waals surface area contributed by atoms with Crippen LogP contribution >= 0.6 is 0 Å². The number of halogens is 1. The lowest BCUT2D eigenvalue weighted by Gasteiger charge is -2.04. The molecule has 1 N–H and O–H groups in total. The molecule has 0 aliphatic rings. The highest BCUT2D eigenvalue weighted by Crippen LogP contribution is 2.08. The van der Waals surface area contributed by atoms with E-state index in [-0.39, 0.29) is 6.42 Å². The van der Waals surface area contributed by atoms with Gasteiger partial charge in [-0.2, -0.15) is 0 Å². The summed E-state index contributed by atoms with van der Waals surface area (Å²) in [4.78, 5) is 9.94. The van der Waals surface area contributed by atoms with Gasteiger partial charge in [-0.3, -0.25) is 0 Å². The van der Waals surface area contributed by atoms with Gasteiger partial charge >= 0.3 is 5.97 Å². The van der Waals surface area contributed by atoms with Gasteiger partial charge < -0.3 is 5.11 Å². The molecule has 0 aromatic heterocycles. The first kappa shape index (κ1) is 9.40. The van der Waals surface area contributed by atoms with Crippen molar-refractivity contribution in [3.8, 4) is 0 Å². The zero-order valence-electron chi connectivity index (χ0n) is 6.30. The van der Waals surface area contributed by atoms with Crippen LogP contribution in [0, 0.1) is 5.92 Å². The summed E-state index contributed by atoms with van der Waals surface area (Å²) in [5.74, 6) is -0.974. The summed E-state index contributed by atoms with van der Waals surface area (Å²) in [6.45, 7) is 3.88. The molecule has 10 heavy (non-hydrogen) atoms. The van der Waals surface area contributed by atoms with Crippen LogP contribution in [0.25, 0.3) is 0 Å². The van der Waals surface area contributed by atoms with Crippen LogP contribution in [0.15, 0.2) is 0 Å². The third-order valence-corrected chi connectivity index (χ3v) is 1.27. The van der Waals surface area contributed by atoms with E-state index in [4.69, 9.17) is 5.11 Å². The molecule has 0 aromatic carbocycles. The van der Waals surface area contributed by atoms with Crippen molar-refractivity contribution < 1.29 is 14.3 Å². The summed E-state index contributed by atoms with van der Waals surface area (Å²) in [6.07, 6.45) is -0.914. The van der Waals surface area contributed by atoms with Crippen LogP contribution in [0.4, 0.5) is 4.39 Å². The van der Waals surface area contributed by atoms with Crippen molar-refractivity contribution >= 4 is 5.97 Å². The van der Waals surface area contributed by atoms with Crippen LogP contribution in [0.5, 0.6) is 0 Å². The summed E-state index contributed by atoms with van der Waals surface area (Å²) in [7, 11) is 0. The van der Waals surface area contributed by atoms with E-state index in [0.717, 1.165) is 0 Å². The predicted molar refractivity (Wildman–Crippen MR) is 36.6 cm³/mol. The number of aliphatic carboxylic acids is 1. The van der Waals surface area contributed by atoms with Crippen molar-refractivity contribution in [2.45, 2.75) is 32.9 Å². The molecule has 2 nitrogen and oxygen atoms in total. The van der Waals surface area contributed by atoms with Crippen molar-refractivity contribution in [3.05, 3.63) is 0 Å². The first-order chi connectivity index (χ1) is 4.54. The topological polar surface area (TPSA) is 37.3 Å². The maximum Gasteiger partial charge on any atom is 0.338 e. The lowest BCUT2D eigenvalue weighted by molar-refractivity contribution is -0.143. The van der Waals surface area contributed by atoms with Gasteiger partial charge in [0.25, 0.3) is 0 Å². The van der Waals surface area contributed by atoms with Gasteiger partial charge in [-0.1, -0.05) is 13.8 Å². The van der Waals surface area contributed by atoms with Gasteiger partial charge in [0.15, 0.2) is 6.17 Å². The number of carboxylic acids is 1. The van der Waals surface area contributed by atoms with Gasteiger partial charge in [0.1, 0.15) is 0 Å². The highest BCUT2D eigenvalue weighted by molar-refractivity contribution is 5.71. The number of carbonyl (C=O) groups is 1. The van der Waals surface area contributed by atoms with Gasteiger partial charge in [0, 0.05) is 0 Å². The van der Waals surface area contributed by atoms with E-state index in [1.165, 1.54) is 0 Å². The minimum absolute atomic E-state index is 0.132. The van der Waals surface area contributed by atoms with Crippen LogP contribution in [0.2, 0.25) is 0 Å². The first-order valence-electron chi connectivity index (χ1n) is 3.41. The Hall–Kier alpha value is -0.600. The van der Waals surface area contributed by atoms with Crippen molar-refractivity contribution in [2.75, 3.05) is 0 Å². The Bertz CT molecular complexity index is 112. The third-order valence-electron chi connectivity index (χ3n) is 1.27. The van der Waals surface area contributed by atoms with Crippen molar-refractivity contribution in [2.24, 2.45) is 5.92 Å². The number of hydrogen-bond donors (Lipinski definition) is 1. The third kappa shape index (κ3) is 4.30. The molecule has 0 aliphatic carbocycles. The number of rotatable bonds is 4. The molecule has 0 radical (unpaired) electrons. The lowest BCUT2D eigenvalue weighted by Crippen LogP contribution is -2.14. The highest BCUT2D eigenvalue weighted by atomic mass is 19.1. The normalized spacial score (nSPS) is 13.6. The number of carboxylic acid groups (broad SMARTS) is 1. The first-order valence-corrected chi connectivity index (χ1v) is 3.41. The molecule has 0 spiro atoms. The van der Waals surface area contributed by atoms with Crippen LogP contribution in [0.1, 0.15) is 26.7 Å². The second kappa shape index (κ2) is 4.25. The molecule has 0 aromatic rings. The van der Waals surface area contributed by atoms with Crippen LogP contribution in [0.3, 0.4) is 0 Å². The minimum Gasteiger partial charge on any atom is -0.479 e. The van der Waals surface area contributed by atoms with E-state index in [2.05, 4.69) is 0 Å². The van der Waals surface area contributed by atoms with Crippen LogP contribution in [-0.2, 0) is 4.79 Å². The largest absolute Gasteiger partial charge is 0.479 e. The fraction of sp³-hybridized carbons (Fsp3) is 0.857. The zero-order chi connectivity index (χ0) is 8.15. The Labute approximate surface area is 60.1 Å².